The van der Waals surface area contributed by atoms with Crippen LogP contribution in [0.1, 0.15) is 42.7 Å². The highest BCUT2D eigenvalue weighted by Gasteiger charge is 2.25. The molecule has 5 nitrogen and oxygen atoms in total. The van der Waals surface area contributed by atoms with Crippen molar-refractivity contribution < 1.29 is 9.32 Å². The predicted molar refractivity (Wildman–Crippen MR) is 79.9 cm³/mol. The van der Waals surface area contributed by atoms with Crippen molar-refractivity contribution in [1.82, 2.24) is 10.5 Å². The molecule has 2 unspecified atom stereocenters. The monoisotopic (exact) mass is 301 g/mol. The molecular formula is C14H24ClN3O2. The molecule has 0 radical (unpaired) electrons. The van der Waals surface area contributed by atoms with Gasteiger partial charge in [-0.3, -0.25) is 4.79 Å². The summed E-state index contributed by atoms with van der Waals surface area (Å²) in [4.78, 5) is 12.0. The van der Waals surface area contributed by atoms with Crippen molar-refractivity contribution >= 4 is 18.3 Å². The molecule has 6 heteroatoms. The second-order valence-corrected chi connectivity index (χ2v) is 5.47. The predicted octanol–water partition coefficient (Wildman–Crippen LogP) is 1.89. The van der Waals surface area contributed by atoms with E-state index in [2.05, 4.69) is 10.5 Å². The molecule has 1 fully saturated rings. The Morgan fingerprint density at radius 2 is 2.20 bits per heavy atom. The molecule has 3 N–H and O–H groups in total. The standard InChI is InChI=1S/C14H23N3O2.ClH/c1-9-13(10(2)19-17-9)6-7-16-14(18)11-4-3-5-12(15)8-11;/h11-12H,3-8,15H2,1-2H3,(H,16,18);1H. The van der Waals surface area contributed by atoms with Crippen LogP contribution >= 0.6 is 12.4 Å². The van der Waals surface area contributed by atoms with Crippen LogP contribution in [0.25, 0.3) is 0 Å². The fraction of sp³-hybridized carbons (Fsp3) is 0.714. The Bertz CT molecular complexity index is 428. The Morgan fingerprint density at radius 1 is 1.45 bits per heavy atom. The van der Waals surface area contributed by atoms with Gasteiger partial charge in [0, 0.05) is 24.1 Å². The zero-order valence-corrected chi connectivity index (χ0v) is 13.0. The Morgan fingerprint density at radius 3 is 2.80 bits per heavy atom. The van der Waals surface area contributed by atoms with E-state index in [0.29, 0.717) is 6.54 Å². The SMILES string of the molecule is Cc1noc(C)c1CCNC(=O)C1CCCC(N)C1.Cl. The summed E-state index contributed by atoms with van der Waals surface area (Å²) >= 11 is 0. The van der Waals surface area contributed by atoms with Crippen molar-refractivity contribution in [2.45, 2.75) is 52.0 Å². The molecule has 1 aromatic heterocycles. The maximum absolute atomic E-state index is 12.0. The minimum atomic E-state index is 0. The lowest BCUT2D eigenvalue weighted by molar-refractivity contribution is -0.126. The van der Waals surface area contributed by atoms with E-state index in [1.54, 1.807) is 0 Å². The van der Waals surface area contributed by atoms with Crippen molar-refractivity contribution in [2.24, 2.45) is 11.7 Å². The molecule has 114 valence electrons. The number of hydrogen-bond acceptors (Lipinski definition) is 4. The number of rotatable bonds is 4. The van der Waals surface area contributed by atoms with Crippen molar-refractivity contribution in [2.75, 3.05) is 6.54 Å². The first-order valence-corrected chi connectivity index (χ1v) is 7.03. The molecule has 1 heterocycles. The number of aromatic nitrogens is 1. The Kier molecular flexibility index (Phi) is 6.49. The summed E-state index contributed by atoms with van der Waals surface area (Å²) in [5, 5.41) is 6.91. The van der Waals surface area contributed by atoms with Crippen LogP contribution in [-0.4, -0.2) is 23.7 Å². The number of carbonyl (C=O) groups excluding carboxylic acids is 1. The van der Waals surface area contributed by atoms with E-state index in [9.17, 15) is 4.79 Å². The van der Waals surface area contributed by atoms with Crippen LogP contribution in [0.3, 0.4) is 0 Å². The summed E-state index contributed by atoms with van der Waals surface area (Å²) in [7, 11) is 0. The zero-order valence-electron chi connectivity index (χ0n) is 12.1. The second-order valence-electron chi connectivity index (χ2n) is 5.47. The number of aryl methyl sites for hydroxylation is 2. The lowest BCUT2D eigenvalue weighted by atomic mass is 9.85. The van der Waals surface area contributed by atoms with E-state index in [-0.39, 0.29) is 30.3 Å². The molecule has 2 atom stereocenters. The molecule has 1 aliphatic rings. The van der Waals surface area contributed by atoms with E-state index in [4.69, 9.17) is 10.3 Å². The van der Waals surface area contributed by atoms with E-state index >= 15 is 0 Å². The van der Waals surface area contributed by atoms with Crippen molar-refractivity contribution in [1.29, 1.82) is 0 Å². The van der Waals surface area contributed by atoms with Crippen molar-refractivity contribution in [3.8, 4) is 0 Å². The molecule has 2 rings (SSSR count). The number of nitrogens with one attached hydrogen (secondary N) is 1. The maximum atomic E-state index is 12.0. The van der Waals surface area contributed by atoms with Crippen LogP contribution in [0.4, 0.5) is 0 Å². The first-order valence-electron chi connectivity index (χ1n) is 7.03. The number of nitrogens with zero attached hydrogens (tertiary/aromatic N) is 1. The second kappa shape index (κ2) is 7.64. The number of halogens is 1. The van der Waals surface area contributed by atoms with Crippen LogP contribution in [-0.2, 0) is 11.2 Å². The highest BCUT2D eigenvalue weighted by molar-refractivity contribution is 5.85. The molecule has 1 aromatic rings. The normalized spacial score (nSPS) is 22.1. The summed E-state index contributed by atoms with van der Waals surface area (Å²) in [6.07, 6.45) is 4.65. The summed E-state index contributed by atoms with van der Waals surface area (Å²) in [5.41, 5.74) is 7.91. The highest BCUT2D eigenvalue weighted by atomic mass is 35.5. The largest absolute Gasteiger partial charge is 0.361 e. The molecule has 1 saturated carbocycles. The van der Waals surface area contributed by atoms with Gasteiger partial charge in [-0.25, -0.2) is 0 Å². The highest BCUT2D eigenvalue weighted by Crippen LogP contribution is 2.23. The van der Waals surface area contributed by atoms with E-state index in [1.807, 2.05) is 13.8 Å². The molecule has 0 aromatic carbocycles. The lowest BCUT2D eigenvalue weighted by Gasteiger charge is -2.25. The van der Waals surface area contributed by atoms with Gasteiger partial charge in [0.25, 0.3) is 0 Å². The average Bonchev–Trinajstić information content (AvgIpc) is 2.70. The molecule has 1 amide bonds. The van der Waals surface area contributed by atoms with Crippen LogP contribution in [0.2, 0.25) is 0 Å². The van der Waals surface area contributed by atoms with Gasteiger partial charge in [0.2, 0.25) is 5.91 Å². The van der Waals surface area contributed by atoms with E-state index in [0.717, 1.165) is 49.1 Å². The smallest absolute Gasteiger partial charge is 0.223 e. The quantitative estimate of drug-likeness (QED) is 0.890. The van der Waals surface area contributed by atoms with Crippen LogP contribution in [0.5, 0.6) is 0 Å². The molecule has 0 saturated heterocycles. The van der Waals surface area contributed by atoms with Crippen LogP contribution in [0, 0.1) is 19.8 Å². The lowest BCUT2D eigenvalue weighted by Crippen LogP contribution is -2.38. The topological polar surface area (TPSA) is 81.2 Å². The van der Waals surface area contributed by atoms with Gasteiger partial charge >= 0.3 is 0 Å². The Hall–Kier alpha value is -1.07. The number of hydrogen-bond donors (Lipinski definition) is 2. The fourth-order valence-electron chi connectivity index (χ4n) is 2.78. The van der Waals surface area contributed by atoms with Gasteiger partial charge in [-0.05, 0) is 39.5 Å². The van der Waals surface area contributed by atoms with Gasteiger partial charge in [0.15, 0.2) is 0 Å². The van der Waals surface area contributed by atoms with Gasteiger partial charge in [-0.2, -0.15) is 0 Å². The molecule has 0 bridgehead atoms. The first-order chi connectivity index (χ1) is 9.08. The summed E-state index contributed by atoms with van der Waals surface area (Å²) in [6.45, 7) is 4.46. The van der Waals surface area contributed by atoms with Crippen molar-refractivity contribution in [3.05, 3.63) is 17.0 Å². The molecule has 0 aliphatic heterocycles. The summed E-state index contributed by atoms with van der Waals surface area (Å²) in [6, 6.07) is 0.187. The zero-order chi connectivity index (χ0) is 13.8. The van der Waals surface area contributed by atoms with Gasteiger partial charge in [0.1, 0.15) is 5.76 Å². The number of amides is 1. The summed E-state index contributed by atoms with van der Waals surface area (Å²) in [5.74, 6) is 1.07. The van der Waals surface area contributed by atoms with Crippen LogP contribution < -0.4 is 11.1 Å². The summed E-state index contributed by atoms with van der Waals surface area (Å²) < 4.78 is 5.10. The van der Waals surface area contributed by atoms with Gasteiger partial charge < -0.3 is 15.6 Å². The fourth-order valence-corrected chi connectivity index (χ4v) is 2.78. The molecule has 1 aliphatic carbocycles. The van der Waals surface area contributed by atoms with Gasteiger partial charge in [-0.1, -0.05) is 11.6 Å². The Labute approximate surface area is 126 Å². The average molecular weight is 302 g/mol. The first kappa shape index (κ1) is 17.0. The molecular weight excluding hydrogens is 278 g/mol. The third-order valence-corrected chi connectivity index (χ3v) is 3.94. The number of nitrogens with two attached hydrogens (primary N) is 1. The van der Waals surface area contributed by atoms with E-state index < -0.39 is 0 Å². The minimum absolute atomic E-state index is 0. The third kappa shape index (κ3) is 4.21. The number of carbonyl (C=O) groups is 1. The Balaban J connectivity index is 0.00000200. The van der Waals surface area contributed by atoms with Crippen LogP contribution in [0.15, 0.2) is 4.52 Å². The van der Waals surface area contributed by atoms with E-state index in [1.165, 1.54) is 0 Å². The van der Waals surface area contributed by atoms with Gasteiger partial charge in [-0.15, -0.1) is 12.4 Å². The van der Waals surface area contributed by atoms with Gasteiger partial charge in [0.05, 0.1) is 5.69 Å². The molecule has 0 spiro atoms. The minimum Gasteiger partial charge on any atom is -0.361 e. The van der Waals surface area contributed by atoms with Crippen molar-refractivity contribution in [3.63, 3.8) is 0 Å². The third-order valence-electron chi connectivity index (χ3n) is 3.94. The maximum Gasteiger partial charge on any atom is 0.223 e. The molecule has 20 heavy (non-hydrogen) atoms.